The van der Waals surface area contributed by atoms with Crippen LogP contribution in [0.15, 0.2) is 30.3 Å². The van der Waals surface area contributed by atoms with Crippen molar-refractivity contribution in [2.24, 2.45) is 17.6 Å². The van der Waals surface area contributed by atoms with Crippen LogP contribution in [0.4, 0.5) is 4.79 Å². The van der Waals surface area contributed by atoms with E-state index in [1.807, 2.05) is 58.0 Å². The lowest BCUT2D eigenvalue weighted by atomic mass is 10.00. The highest BCUT2D eigenvalue weighted by molar-refractivity contribution is 5.93. The number of benzene rings is 1. The lowest BCUT2D eigenvalue weighted by molar-refractivity contribution is -0.132. The molecule has 0 bridgehead atoms. The summed E-state index contributed by atoms with van der Waals surface area (Å²) in [5.41, 5.74) is 6.04. The standard InChI is InChI=1S/C23H36N4O5/c1-14(2)11-18(21(29)25-16(5)20(24)28)26-22(30)19(12-15(3)4)27-23(31)32-13-17-9-7-6-8-10-17/h6-10,14-16,18-19H,11-13H2,1-5H3,(H2,24,28)(H,25,29)(H,26,30)(H,27,31)/t16-,18-,19-/m0/s1. The Morgan fingerprint density at radius 1 is 0.812 bits per heavy atom. The monoisotopic (exact) mass is 448 g/mol. The predicted molar refractivity (Wildman–Crippen MR) is 121 cm³/mol. The quantitative estimate of drug-likeness (QED) is 0.386. The Bertz CT molecular complexity index is 767. The van der Waals surface area contributed by atoms with Crippen LogP contribution in [0, 0.1) is 11.8 Å². The van der Waals surface area contributed by atoms with E-state index in [0.717, 1.165) is 5.56 Å². The number of carbonyl (C=O) groups excluding carboxylic acids is 4. The number of nitrogens with two attached hydrogens (primary N) is 1. The molecule has 0 saturated heterocycles. The molecule has 0 aliphatic heterocycles. The summed E-state index contributed by atoms with van der Waals surface area (Å²) in [7, 11) is 0. The maximum atomic E-state index is 13.0. The number of alkyl carbamates (subject to hydrolysis) is 1. The van der Waals surface area contributed by atoms with Crippen molar-refractivity contribution in [1.82, 2.24) is 16.0 Å². The predicted octanol–water partition coefficient (Wildman–Crippen LogP) is 1.85. The fourth-order valence-corrected chi connectivity index (χ4v) is 2.97. The first-order chi connectivity index (χ1) is 15.0. The second-order valence-electron chi connectivity index (χ2n) is 8.71. The minimum Gasteiger partial charge on any atom is -0.445 e. The highest BCUT2D eigenvalue weighted by atomic mass is 16.5. The summed E-state index contributed by atoms with van der Waals surface area (Å²) < 4.78 is 5.23. The molecule has 0 aliphatic rings. The van der Waals surface area contributed by atoms with Crippen LogP contribution in [0.2, 0.25) is 0 Å². The Kier molecular flexibility index (Phi) is 11.2. The number of carbonyl (C=O) groups is 4. The van der Waals surface area contributed by atoms with E-state index < -0.39 is 41.9 Å². The lowest BCUT2D eigenvalue weighted by Crippen LogP contribution is -2.56. The highest BCUT2D eigenvalue weighted by Crippen LogP contribution is 2.10. The fraction of sp³-hybridized carbons (Fsp3) is 0.565. The van der Waals surface area contributed by atoms with E-state index in [1.54, 1.807) is 0 Å². The van der Waals surface area contributed by atoms with Gasteiger partial charge in [0.05, 0.1) is 0 Å². The van der Waals surface area contributed by atoms with Crippen molar-refractivity contribution >= 4 is 23.8 Å². The van der Waals surface area contributed by atoms with Gasteiger partial charge in [-0.05, 0) is 37.2 Å². The smallest absolute Gasteiger partial charge is 0.408 e. The fourth-order valence-electron chi connectivity index (χ4n) is 2.97. The molecule has 9 heteroatoms. The molecule has 0 unspecified atom stereocenters. The molecule has 1 aromatic rings. The molecule has 0 aliphatic carbocycles. The van der Waals surface area contributed by atoms with Crippen molar-refractivity contribution in [3.63, 3.8) is 0 Å². The van der Waals surface area contributed by atoms with Gasteiger partial charge in [-0.15, -0.1) is 0 Å². The van der Waals surface area contributed by atoms with Crippen LogP contribution in [-0.4, -0.2) is 41.9 Å². The molecule has 32 heavy (non-hydrogen) atoms. The Hall–Kier alpha value is -3.10. The van der Waals surface area contributed by atoms with Crippen LogP contribution in [0.25, 0.3) is 0 Å². The van der Waals surface area contributed by atoms with Crippen LogP contribution >= 0.6 is 0 Å². The van der Waals surface area contributed by atoms with Gasteiger partial charge in [-0.3, -0.25) is 14.4 Å². The minimum atomic E-state index is -0.880. The summed E-state index contributed by atoms with van der Waals surface area (Å²) in [6, 6.07) is 6.57. The van der Waals surface area contributed by atoms with Crippen molar-refractivity contribution in [3.8, 4) is 0 Å². The van der Waals surface area contributed by atoms with E-state index >= 15 is 0 Å². The topological polar surface area (TPSA) is 140 Å². The van der Waals surface area contributed by atoms with E-state index in [1.165, 1.54) is 6.92 Å². The molecule has 0 heterocycles. The van der Waals surface area contributed by atoms with Gasteiger partial charge in [0, 0.05) is 0 Å². The van der Waals surface area contributed by atoms with Gasteiger partial charge in [0.1, 0.15) is 24.7 Å². The normalized spacial score (nSPS) is 13.7. The number of nitrogens with one attached hydrogen (secondary N) is 3. The second-order valence-corrected chi connectivity index (χ2v) is 8.71. The van der Waals surface area contributed by atoms with Gasteiger partial charge in [-0.25, -0.2) is 4.79 Å². The third-order valence-electron chi connectivity index (χ3n) is 4.65. The summed E-state index contributed by atoms with van der Waals surface area (Å²) >= 11 is 0. The Morgan fingerprint density at radius 2 is 1.31 bits per heavy atom. The van der Waals surface area contributed by atoms with E-state index in [9.17, 15) is 19.2 Å². The third-order valence-corrected chi connectivity index (χ3v) is 4.65. The lowest BCUT2D eigenvalue weighted by Gasteiger charge is -2.25. The Balaban J connectivity index is 2.81. The molecule has 5 N–H and O–H groups in total. The zero-order valence-corrected chi connectivity index (χ0v) is 19.5. The molecule has 0 saturated carbocycles. The van der Waals surface area contributed by atoms with E-state index in [2.05, 4.69) is 16.0 Å². The van der Waals surface area contributed by atoms with E-state index in [4.69, 9.17) is 10.5 Å². The van der Waals surface area contributed by atoms with Gasteiger partial charge in [0.15, 0.2) is 0 Å². The van der Waals surface area contributed by atoms with Crippen molar-refractivity contribution in [3.05, 3.63) is 35.9 Å². The number of hydrogen-bond acceptors (Lipinski definition) is 5. The molecule has 0 fully saturated rings. The van der Waals surface area contributed by atoms with Crippen LogP contribution in [0.3, 0.4) is 0 Å². The largest absolute Gasteiger partial charge is 0.445 e. The number of ether oxygens (including phenoxy) is 1. The summed E-state index contributed by atoms with van der Waals surface area (Å²) in [5, 5.41) is 7.81. The van der Waals surface area contributed by atoms with E-state index in [-0.39, 0.29) is 18.4 Å². The van der Waals surface area contributed by atoms with Gasteiger partial charge in [-0.1, -0.05) is 58.0 Å². The molecule has 1 rings (SSSR count). The zero-order chi connectivity index (χ0) is 24.3. The third kappa shape index (κ3) is 10.3. The average Bonchev–Trinajstić information content (AvgIpc) is 2.71. The van der Waals surface area contributed by atoms with Gasteiger partial charge < -0.3 is 26.4 Å². The molecule has 4 amide bonds. The molecule has 178 valence electrons. The first-order valence-corrected chi connectivity index (χ1v) is 10.9. The van der Waals surface area contributed by atoms with E-state index in [0.29, 0.717) is 12.8 Å². The van der Waals surface area contributed by atoms with Crippen LogP contribution in [-0.2, 0) is 25.7 Å². The second kappa shape index (κ2) is 13.3. The van der Waals surface area contributed by atoms with Crippen LogP contribution in [0.5, 0.6) is 0 Å². The summed E-state index contributed by atoms with van der Waals surface area (Å²) in [4.78, 5) is 49.1. The SMILES string of the molecule is CC(C)C[C@H](NC(=O)OCc1ccccc1)C(=O)N[C@@H](CC(C)C)C(=O)N[C@@H](C)C(N)=O. The van der Waals surface area contributed by atoms with Crippen molar-refractivity contribution < 1.29 is 23.9 Å². The minimum absolute atomic E-state index is 0.0755. The van der Waals surface area contributed by atoms with Crippen LogP contribution < -0.4 is 21.7 Å². The Labute approximate surface area is 189 Å². The summed E-state index contributed by atoms with van der Waals surface area (Å²) in [5.74, 6) is -1.47. The number of hydrogen-bond donors (Lipinski definition) is 4. The molecule has 9 nitrogen and oxygen atoms in total. The summed E-state index contributed by atoms with van der Waals surface area (Å²) in [6.45, 7) is 9.21. The van der Waals surface area contributed by atoms with Crippen molar-refractivity contribution in [2.75, 3.05) is 0 Å². The first-order valence-electron chi connectivity index (χ1n) is 10.9. The average molecular weight is 449 g/mol. The molecular formula is C23H36N4O5. The van der Waals surface area contributed by atoms with Crippen molar-refractivity contribution in [2.45, 2.75) is 72.2 Å². The maximum absolute atomic E-state index is 13.0. The first kappa shape index (κ1) is 26.9. The number of amides is 4. The zero-order valence-electron chi connectivity index (χ0n) is 19.5. The molecule has 0 aromatic heterocycles. The Morgan fingerprint density at radius 3 is 1.81 bits per heavy atom. The molecular weight excluding hydrogens is 412 g/mol. The van der Waals surface area contributed by atoms with Gasteiger partial charge in [0.2, 0.25) is 17.7 Å². The van der Waals surface area contributed by atoms with Crippen LogP contribution in [0.1, 0.15) is 53.0 Å². The van der Waals surface area contributed by atoms with Gasteiger partial charge in [0.25, 0.3) is 0 Å². The number of rotatable bonds is 12. The molecule has 0 radical (unpaired) electrons. The molecule has 3 atom stereocenters. The maximum Gasteiger partial charge on any atom is 0.408 e. The van der Waals surface area contributed by atoms with Crippen molar-refractivity contribution in [1.29, 1.82) is 0 Å². The molecule has 0 spiro atoms. The van der Waals surface area contributed by atoms with Gasteiger partial charge >= 0.3 is 6.09 Å². The van der Waals surface area contributed by atoms with Gasteiger partial charge in [-0.2, -0.15) is 0 Å². The summed E-state index contributed by atoms with van der Waals surface area (Å²) in [6.07, 6.45) is -0.00236. The highest BCUT2D eigenvalue weighted by Gasteiger charge is 2.29. The molecule has 1 aromatic carbocycles. The number of primary amides is 1.